The maximum Gasteiger partial charge on any atom is 0.263 e. The summed E-state index contributed by atoms with van der Waals surface area (Å²) in [7, 11) is 1.49. The molecule has 2 aliphatic rings. The van der Waals surface area contributed by atoms with Crippen molar-refractivity contribution in [3.8, 4) is 0 Å². The minimum absolute atomic E-state index is 0.134. The Morgan fingerprint density at radius 1 is 1.35 bits per heavy atom. The molecular formula is C13H14O4. The molecule has 4 nitrogen and oxygen atoms in total. The Morgan fingerprint density at radius 3 is 2.71 bits per heavy atom. The summed E-state index contributed by atoms with van der Waals surface area (Å²) in [6.45, 7) is 2.25. The Labute approximate surface area is 99.5 Å². The van der Waals surface area contributed by atoms with E-state index in [1.807, 2.05) is 31.2 Å². The maximum atomic E-state index is 12.3. The molecule has 0 radical (unpaired) electrons. The number of fused-ring (bicyclic) bond motifs is 5. The van der Waals surface area contributed by atoms with E-state index in [-0.39, 0.29) is 5.78 Å². The molecule has 0 unspecified atom stereocenters. The zero-order chi connectivity index (χ0) is 12.0. The maximum absolute atomic E-state index is 12.3. The number of Topliss-reactive ketones (excluding diaryl/α,β-unsaturated/α-hetero) is 1. The second-order valence-electron chi connectivity index (χ2n) is 4.19. The normalized spacial score (nSPS) is 34.1. The molecule has 0 amide bonds. The molecule has 4 heteroatoms. The summed E-state index contributed by atoms with van der Waals surface area (Å²) in [6, 6.07) is 7.72. The number of ketones is 1. The van der Waals surface area contributed by atoms with Crippen LogP contribution in [0.4, 0.5) is 0 Å². The quantitative estimate of drug-likeness (QED) is 0.747. The van der Waals surface area contributed by atoms with Crippen LogP contribution in [0.1, 0.15) is 30.3 Å². The van der Waals surface area contributed by atoms with Gasteiger partial charge in [0.2, 0.25) is 5.78 Å². The van der Waals surface area contributed by atoms with Crippen LogP contribution < -0.4 is 0 Å². The van der Waals surface area contributed by atoms with Crippen LogP contribution in [-0.4, -0.2) is 25.3 Å². The van der Waals surface area contributed by atoms with Gasteiger partial charge in [0.25, 0.3) is 5.79 Å². The van der Waals surface area contributed by atoms with E-state index in [0.717, 1.165) is 11.1 Å². The van der Waals surface area contributed by atoms with E-state index >= 15 is 0 Å². The van der Waals surface area contributed by atoms with Crippen LogP contribution in [0.2, 0.25) is 0 Å². The highest BCUT2D eigenvalue weighted by Gasteiger charge is 2.64. The molecular weight excluding hydrogens is 220 g/mol. The van der Waals surface area contributed by atoms with Gasteiger partial charge in [-0.05, 0) is 18.1 Å². The first-order chi connectivity index (χ1) is 8.24. The number of hydrogen-bond acceptors (Lipinski definition) is 4. The molecule has 2 bridgehead atoms. The van der Waals surface area contributed by atoms with Crippen LogP contribution in [0.3, 0.4) is 0 Å². The van der Waals surface area contributed by atoms with Gasteiger partial charge >= 0.3 is 0 Å². The van der Waals surface area contributed by atoms with Crippen molar-refractivity contribution in [3.63, 3.8) is 0 Å². The molecule has 3 atom stereocenters. The highest BCUT2D eigenvalue weighted by atomic mass is 16.7. The first kappa shape index (κ1) is 10.9. The highest BCUT2D eigenvalue weighted by Crippen LogP contribution is 2.55. The molecule has 1 saturated heterocycles. The molecule has 1 aromatic rings. The number of hydrogen-bond donors (Lipinski definition) is 0. The first-order valence-corrected chi connectivity index (χ1v) is 5.72. The van der Waals surface area contributed by atoms with E-state index < -0.39 is 18.0 Å². The summed E-state index contributed by atoms with van der Waals surface area (Å²) in [5.74, 6) is -1.39. The third-order valence-corrected chi connectivity index (χ3v) is 3.42. The standard InChI is InChI=1S/C13H14O4/c1-3-16-13(15-2)11(14)10-8-6-4-5-7-9(8)12(13)17-10/h4-7,10,12H,3H2,1-2H3/t10-,12+,13-/m1/s1. The molecule has 2 aliphatic heterocycles. The zero-order valence-corrected chi connectivity index (χ0v) is 9.80. The fraction of sp³-hybridized carbons (Fsp3) is 0.462. The third-order valence-electron chi connectivity index (χ3n) is 3.42. The molecule has 3 rings (SSSR count). The van der Waals surface area contributed by atoms with Crippen molar-refractivity contribution in [2.75, 3.05) is 13.7 Å². The number of benzene rings is 1. The SMILES string of the molecule is CCO[C@]1(OC)C(=O)[C@@H]2O[C@H]1c1ccccc12. The average molecular weight is 234 g/mol. The van der Waals surface area contributed by atoms with E-state index in [1.165, 1.54) is 7.11 Å². The predicted molar refractivity (Wildman–Crippen MR) is 59.4 cm³/mol. The van der Waals surface area contributed by atoms with Crippen LogP contribution in [0, 0.1) is 0 Å². The predicted octanol–water partition coefficient (Wildman–Crippen LogP) is 1.76. The molecule has 17 heavy (non-hydrogen) atoms. The van der Waals surface area contributed by atoms with Gasteiger partial charge in [-0.15, -0.1) is 0 Å². The zero-order valence-electron chi connectivity index (χ0n) is 9.80. The van der Waals surface area contributed by atoms with Gasteiger partial charge in [0.05, 0.1) is 0 Å². The second-order valence-corrected chi connectivity index (χ2v) is 4.19. The number of carbonyl (C=O) groups is 1. The molecule has 1 fully saturated rings. The monoisotopic (exact) mass is 234 g/mol. The molecule has 2 heterocycles. The van der Waals surface area contributed by atoms with Gasteiger partial charge in [-0.2, -0.15) is 0 Å². The van der Waals surface area contributed by atoms with Gasteiger partial charge < -0.3 is 14.2 Å². The van der Waals surface area contributed by atoms with Crippen molar-refractivity contribution >= 4 is 5.78 Å². The minimum Gasteiger partial charge on any atom is -0.351 e. The molecule has 90 valence electrons. The lowest BCUT2D eigenvalue weighted by Gasteiger charge is -2.32. The Morgan fingerprint density at radius 2 is 2.06 bits per heavy atom. The lowest BCUT2D eigenvalue weighted by Crippen LogP contribution is -2.47. The summed E-state index contributed by atoms with van der Waals surface area (Å²) in [6.07, 6.45) is -0.983. The van der Waals surface area contributed by atoms with Crippen LogP contribution in [0.15, 0.2) is 24.3 Å². The second kappa shape index (κ2) is 3.63. The minimum atomic E-state index is -1.26. The average Bonchev–Trinajstić information content (AvgIpc) is 2.87. The Kier molecular flexibility index (Phi) is 2.33. The summed E-state index contributed by atoms with van der Waals surface area (Å²) in [5, 5.41) is 0. The molecule has 0 N–H and O–H groups in total. The summed E-state index contributed by atoms with van der Waals surface area (Å²) in [4.78, 5) is 12.3. The van der Waals surface area contributed by atoms with Crippen molar-refractivity contribution in [1.29, 1.82) is 0 Å². The highest BCUT2D eigenvalue weighted by molar-refractivity contribution is 5.96. The van der Waals surface area contributed by atoms with Crippen molar-refractivity contribution in [2.45, 2.75) is 24.9 Å². The van der Waals surface area contributed by atoms with Gasteiger partial charge in [0.15, 0.2) is 0 Å². The smallest absolute Gasteiger partial charge is 0.263 e. The number of rotatable bonds is 3. The molecule has 0 aromatic heterocycles. The number of methoxy groups -OCH3 is 1. The van der Waals surface area contributed by atoms with Crippen molar-refractivity contribution in [3.05, 3.63) is 35.4 Å². The van der Waals surface area contributed by atoms with Gasteiger partial charge in [-0.25, -0.2) is 0 Å². The Bertz CT molecular complexity index is 470. The lowest BCUT2D eigenvalue weighted by molar-refractivity contribution is -0.236. The topological polar surface area (TPSA) is 44.8 Å². The number of ether oxygens (including phenoxy) is 3. The third kappa shape index (κ3) is 1.20. The van der Waals surface area contributed by atoms with Crippen LogP contribution in [-0.2, 0) is 19.0 Å². The van der Waals surface area contributed by atoms with E-state index in [9.17, 15) is 4.79 Å². The summed E-state index contributed by atoms with van der Waals surface area (Å²) in [5.41, 5.74) is 1.93. The van der Waals surface area contributed by atoms with E-state index in [4.69, 9.17) is 14.2 Å². The molecule has 0 aliphatic carbocycles. The number of carbonyl (C=O) groups excluding carboxylic acids is 1. The molecule has 0 spiro atoms. The van der Waals surface area contributed by atoms with Crippen molar-refractivity contribution < 1.29 is 19.0 Å². The van der Waals surface area contributed by atoms with E-state index in [1.54, 1.807) is 0 Å². The first-order valence-electron chi connectivity index (χ1n) is 5.72. The van der Waals surface area contributed by atoms with Gasteiger partial charge in [-0.3, -0.25) is 4.79 Å². The summed E-state index contributed by atoms with van der Waals surface area (Å²) >= 11 is 0. The Balaban J connectivity index is 2.11. The van der Waals surface area contributed by atoms with Crippen LogP contribution >= 0.6 is 0 Å². The Hall–Kier alpha value is -1.23. The van der Waals surface area contributed by atoms with Crippen molar-refractivity contribution in [1.82, 2.24) is 0 Å². The molecule has 0 saturated carbocycles. The fourth-order valence-electron chi connectivity index (χ4n) is 2.71. The van der Waals surface area contributed by atoms with Crippen LogP contribution in [0.25, 0.3) is 0 Å². The summed E-state index contributed by atoms with van der Waals surface area (Å²) < 4.78 is 16.6. The largest absolute Gasteiger partial charge is 0.351 e. The van der Waals surface area contributed by atoms with Crippen molar-refractivity contribution in [2.24, 2.45) is 0 Å². The van der Waals surface area contributed by atoms with E-state index in [2.05, 4.69) is 0 Å². The van der Waals surface area contributed by atoms with Gasteiger partial charge in [0, 0.05) is 13.7 Å². The fourth-order valence-corrected chi connectivity index (χ4v) is 2.71. The van der Waals surface area contributed by atoms with E-state index in [0.29, 0.717) is 6.61 Å². The van der Waals surface area contributed by atoms with Gasteiger partial charge in [0.1, 0.15) is 12.2 Å². The lowest BCUT2D eigenvalue weighted by atomic mass is 9.86. The van der Waals surface area contributed by atoms with Crippen LogP contribution in [0.5, 0.6) is 0 Å². The van der Waals surface area contributed by atoms with Gasteiger partial charge in [-0.1, -0.05) is 24.3 Å². The molecule has 1 aromatic carbocycles.